The van der Waals surface area contributed by atoms with Crippen LogP contribution in [0.1, 0.15) is 11.3 Å². The summed E-state index contributed by atoms with van der Waals surface area (Å²) in [6.45, 7) is 2.41. The Labute approximate surface area is 143 Å². The molecular formula is C16H16N2O2S3. The van der Waals surface area contributed by atoms with Gasteiger partial charge in [-0.1, -0.05) is 30.3 Å². The third-order valence-electron chi connectivity index (χ3n) is 3.36. The van der Waals surface area contributed by atoms with Gasteiger partial charge in [0.2, 0.25) is 10.0 Å². The van der Waals surface area contributed by atoms with E-state index >= 15 is 0 Å². The van der Waals surface area contributed by atoms with Crippen LogP contribution in [0.25, 0.3) is 10.6 Å². The van der Waals surface area contributed by atoms with Crippen LogP contribution >= 0.6 is 22.7 Å². The number of hydrogen-bond acceptors (Lipinski definition) is 5. The molecule has 3 rings (SSSR count). The van der Waals surface area contributed by atoms with Crippen LogP contribution in [0.15, 0.2) is 51.4 Å². The van der Waals surface area contributed by atoms with Gasteiger partial charge in [-0.25, -0.2) is 18.1 Å². The largest absolute Gasteiger partial charge is 0.250 e. The van der Waals surface area contributed by atoms with Crippen molar-refractivity contribution < 1.29 is 8.42 Å². The fourth-order valence-corrected chi connectivity index (χ4v) is 5.17. The highest BCUT2D eigenvalue weighted by atomic mass is 32.2. The molecule has 1 aromatic carbocycles. The maximum Gasteiger partial charge on any atom is 0.250 e. The fourth-order valence-electron chi connectivity index (χ4n) is 2.16. The van der Waals surface area contributed by atoms with Crippen molar-refractivity contribution in [2.75, 3.05) is 6.54 Å². The second-order valence-corrected chi connectivity index (χ2v) is 8.84. The summed E-state index contributed by atoms with van der Waals surface area (Å²) in [5.74, 6) is 0. The summed E-state index contributed by atoms with van der Waals surface area (Å²) < 4.78 is 27.0. The molecule has 1 N–H and O–H groups in total. The standard InChI is InChI=1S/C16H16N2O2S3/c1-12-5-2-3-6-14(12)16-18-13(11-22-16)8-9-17-23(19,20)15-7-4-10-21-15/h2-7,10-11,17H,8-9H2,1H3. The average molecular weight is 365 g/mol. The van der Waals surface area contributed by atoms with Gasteiger partial charge in [0.25, 0.3) is 0 Å². The van der Waals surface area contributed by atoms with Crippen LogP contribution in [0.2, 0.25) is 0 Å². The lowest BCUT2D eigenvalue weighted by molar-refractivity contribution is 0.583. The van der Waals surface area contributed by atoms with Crippen molar-refractivity contribution in [1.29, 1.82) is 0 Å². The zero-order chi connectivity index (χ0) is 16.3. The Balaban J connectivity index is 1.63. The van der Waals surface area contributed by atoms with E-state index in [-0.39, 0.29) is 0 Å². The summed E-state index contributed by atoms with van der Waals surface area (Å²) in [6, 6.07) is 11.5. The molecule has 0 aliphatic carbocycles. The van der Waals surface area contributed by atoms with Crippen LogP contribution in [0.5, 0.6) is 0 Å². The van der Waals surface area contributed by atoms with Crippen LogP contribution in [-0.4, -0.2) is 19.9 Å². The first kappa shape index (κ1) is 16.3. The van der Waals surface area contributed by atoms with Gasteiger partial charge in [0, 0.05) is 23.9 Å². The van der Waals surface area contributed by atoms with Crippen LogP contribution in [-0.2, 0) is 16.4 Å². The molecule has 0 radical (unpaired) electrons. The van der Waals surface area contributed by atoms with Crippen molar-refractivity contribution in [1.82, 2.24) is 9.71 Å². The van der Waals surface area contributed by atoms with Crippen LogP contribution in [0.4, 0.5) is 0 Å². The van der Waals surface area contributed by atoms with Crippen LogP contribution in [0, 0.1) is 6.92 Å². The fraction of sp³-hybridized carbons (Fsp3) is 0.188. The van der Waals surface area contributed by atoms with Gasteiger partial charge in [-0.2, -0.15) is 0 Å². The van der Waals surface area contributed by atoms with E-state index in [1.54, 1.807) is 28.8 Å². The summed E-state index contributed by atoms with van der Waals surface area (Å²) in [5, 5.41) is 4.71. The van der Waals surface area contributed by atoms with E-state index in [0.29, 0.717) is 17.2 Å². The van der Waals surface area contributed by atoms with Gasteiger partial charge < -0.3 is 0 Å². The number of sulfonamides is 1. The van der Waals surface area contributed by atoms with Gasteiger partial charge >= 0.3 is 0 Å². The Hall–Kier alpha value is -1.54. The van der Waals surface area contributed by atoms with Crippen molar-refractivity contribution in [3.8, 4) is 10.6 Å². The smallest absolute Gasteiger partial charge is 0.241 e. The minimum Gasteiger partial charge on any atom is -0.241 e. The zero-order valence-electron chi connectivity index (χ0n) is 12.5. The Morgan fingerprint density at radius 2 is 1.96 bits per heavy atom. The molecule has 0 saturated carbocycles. The molecule has 120 valence electrons. The summed E-state index contributed by atoms with van der Waals surface area (Å²) in [7, 11) is -3.40. The SMILES string of the molecule is Cc1ccccc1-c1nc(CCNS(=O)(=O)c2cccs2)cs1. The molecule has 0 aliphatic rings. The first-order chi connectivity index (χ1) is 11.1. The second kappa shape index (κ2) is 6.92. The number of benzene rings is 1. The Bertz CT molecular complexity index is 884. The molecule has 0 aliphatic heterocycles. The molecule has 2 aromatic heterocycles. The highest BCUT2D eigenvalue weighted by Crippen LogP contribution is 2.26. The molecule has 3 aromatic rings. The summed E-state index contributed by atoms with van der Waals surface area (Å²) in [4.78, 5) is 4.61. The van der Waals surface area contributed by atoms with E-state index in [9.17, 15) is 8.42 Å². The summed E-state index contributed by atoms with van der Waals surface area (Å²) in [6.07, 6.45) is 0.576. The van der Waals surface area contributed by atoms with Crippen molar-refractivity contribution in [3.05, 3.63) is 58.4 Å². The predicted molar refractivity (Wildman–Crippen MR) is 95.5 cm³/mol. The molecule has 0 atom stereocenters. The summed E-state index contributed by atoms with van der Waals surface area (Å²) in [5.41, 5.74) is 3.22. The molecule has 4 nitrogen and oxygen atoms in total. The molecular weight excluding hydrogens is 348 g/mol. The number of nitrogens with zero attached hydrogens (tertiary/aromatic N) is 1. The summed E-state index contributed by atoms with van der Waals surface area (Å²) >= 11 is 2.80. The van der Waals surface area contributed by atoms with Gasteiger partial charge in [0.05, 0.1) is 5.69 Å². The molecule has 0 amide bonds. The molecule has 23 heavy (non-hydrogen) atoms. The van der Waals surface area contributed by atoms with Crippen molar-refractivity contribution in [2.24, 2.45) is 0 Å². The van der Waals surface area contributed by atoms with E-state index in [0.717, 1.165) is 16.3 Å². The van der Waals surface area contributed by atoms with Gasteiger partial charge in [0.1, 0.15) is 9.22 Å². The predicted octanol–water partition coefficient (Wildman–Crippen LogP) is 3.70. The number of nitrogens with one attached hydrogen (secondary N) is 1. The van der Waals surface area contributed by atoms with Gasteiger partial charge in [0.15, 0.2) is 0 Å². The van der Waals surface area contributed by atoms with E-state index in [1.165, 1.54) is 16.9 Å². The molecule has 0 saturated heterocycles. The number of hydrogen-bond donors (Lipinski definition) is 1. The first-order valence-electron chi connectivity index (χ1n) is 7.10. The third kappa shape index (κ3) is 3.87. The lowest BCUT2D eigenvalue weighted by Gasteiger charge is -2.03. The number of aryl methyl sites for hydroxylation is 1. The quantitative estimate of drug-likeness (QED) is 0.725. The van der Waals surface area contributed by atoms with Gasteiger partial charge in [-0.15, -0.1) is 22.7 Å². The van der Waals surface area contributed by atoms with Crippen LogP contribution in [0.3, 0.4) is 0 Å². The lowest BCUT2D eigenvalue weighted by Crippen LogP contribution is -2.25. The van der Waals surface area contributed by atoms with Gasteiger partial charge in [-0.05, 0) is 23.9 Å². The molecule has 2 heterocycles. The number of thiazole rings is 1. The lowest BCUT2D eigenvalue weighted by atomic mass is 10.1. The highest BCUT2D eigenvalue weighted by molar-refractivity contribution is 7.91. The molecule has 0 fully saturated rings. The Kier molecular flexibility index (Phi) is 4.91. The van der Waals surface area contributed by atoms with Crippen molar-refractivity contribution in [2.45, 2.75) is 17.6 Å². The van der Waals surface area contributed by atoms with E-state index in [4.69, 9.17) is 0 Å². The third-order valence-corrected chi connectivity index (χ3v) is 7.14. The van der Waals surface area contributed by atoms with Crippen molar-refractivity contribution >= 4 is 32.7 Å². The van der Waals surface area contributed by atoms with E-state index in [2.05, 4.69) is 28.8 Å². The number of thiophene rings is 1. The normalized spacial score (nSPS) is 11.7. The monoisotopic (exact) mass is 364 g/mol. The van der Waals surface area contributed by atoms with Gasteiger partial charge in [-0.3, -0.25) is 0 Å². The zero-order valence-corrected chi connectivity index (χ0v) is 15.0. The first-order valence-corrected chi connectivity index (χ1v) is 10.3. The highest BCUT2D eigenvalue weighted by Gasteiger charge is 2.14. The topological polar surface area (TPSA) is 59.1 Å². The van der Waals surface area contributed by atoms with Crippen molar-refractivity contribution in [3.63, 3.8) is 0 Å². The van der Waals surface area contributed by atoms with Crippen LogP contribution < -0.4 is 4.72 Å². The van der Waals surface area contributed by atoms with E-state index in [1.807, 2.05) is 17.5 Å². The molecule has 0 bridgehead atoms. The molecule has 0 spiro atoms. The minimum absolute atomic E-state index is 0.344. The average Bonchev–Trinajstić information content (AvgIpc) is 3.19. The Morgan fingerprint density at radius 3 is 2.70 bits per heavy atom. The minimum atomic E-state index is -3.40. The number of aromatic nitrogens is 1. The molecule has 7 heteroatoms. The van der Waals surface area contributed by atoms with E-state index < -0.39 is 10.0 Å². The number of rotatable bonds is 6. The maximum atomic E-state index is 12.0. The Morgan fingerprint density at radius 1 is 1.13 bits per heavy atom. The molecule has 0 unspecified atom stereocenters. The maximum absolute atomic E-state index is 12.0. The second-order valence-electron chi connectivity index (χ2n) is 5.04.